The van der Waals surface area contributed by atoms with Crippen LogP contribution >= 0.6 is 11.8 Å². The molecule has 0 aliphatic heterocycles. The van der Waals surface area contributed by atoms with Gasteiger partial charge in [-0.15, -0.1) is 0 Å². The van der Waals surface area contributed by atoms with E-state index < -0.39 is 7.12 Å². The summed E-state index contributed by atoms with van der Waals surface area (Å²) in [5.74, 6) is 0.915. The summed E-state index contributed by atoms with van der Waals surface area (Å²) in [5, 5.41) is 18.5. The van der Waals surface area contributed by atoms with Gasteiger partial charge in [-0.3, -0.25) is 0 Å². The summed E-state index contributed by atoms with van der Waals surface area (Å²) in [5.41, 5.74) is 1.70. The number of rotatable bonds is 4. The van der Waals surface area contributed by atoms with Crippen LogP contribution in [0.1, 0.15) is 19.4 Å². The van der Waals surface area contributed by atoms with Crippen LogP contribution in [-0.4, -0.2) is 22.4 Å². The fourth-order valence-corrected chi connectivity index (χ4v) is 1.81. The summed E-state index contributed by atoms with van der Waals surface area (Å²) in [6.45, 7) is 4.30. The first-order valence-corrected chi connectivity index (χ1v) is 5.71. The molecule has 4 heteroatoms. The fraction of sp³-hybridized carbons (Fsp3) is 0.400. The smallest absolute Gasteiger partial charge is 0.423 e. The first-order valence-electron chi connectivity index (χ1n) is 4.66. The van der Waals surface area contributed by atoms with Crippen molar-refractivity contribution in [2.45, 2.75) is 24.9 Å². The van der Waals surface area contributed by atoms with Gasteiger partial charge in [0, 0.05) is 5.75 Å². The van der Waals surface area contributed by atoms with Crippen molar-refractivity contribution in [2.75, 3.05) is 0 Å². The van der Waals surface area contributed by atoms with E-state index >= 15 is 0 Å². The normalized spacial score (nSPS) is 10.6. The Morgan fingerprint density at radius 3 is 2.64 bits per heavy atom. The number of thioether (sulfide) groups is 1. The van der Waals surface area contributed by atoms with E-state index in [2.05, 4.69) is 13.8 Å². The van der Waals surface area contributed by atoms with Gasteiger partial charge < -0.3 is 10.0 Å². The lowest BCUT2D eigenvalue weighted by Crippen LogP contribution is -2.29. The molecule has 0 heterocycles. The quantitative estimate of drug-likeness (QED) is 0.728. The zero-order valence-corrected chi connectivity index (χ0v) is 9.29. The van der Waals surface area contributed by atoms with Crippen molar-refractivity contribution in [3.63, 3.8) is 0 Å². The second-order valence-corrected chi connectivity index (χ2v) is 5.04. The molecule has 1 aromatic rings. The van der Waals surface area contributed by atoms with Gasteiger partial charge in [-0.05, 0) is 16.3 Å². The molecule has 0 unspecified atom stereocenters. The molecular weight excluding hydrogens is 195 g/mol. The van der Waals surface area contributed by atoms with E-state index in [-0.39, 0.29) is 0 Å². The Morgan fingerprint density at radius 2 is 2.07 bits per heavy atom. The molecule has 0 aliphatic carbocycles. The zero-order valence-electron chi connectivity index (χ0n) is 8.47. The molecular formula is C10H15BO2S. The molecule has 2 nitrogen and oxygen atoms in total. The Bertz CT molecular complexity index is 289. The Labute approximate surface area is 89.5 Å². The molecule has 2 N–H and O–H groups in total. The van der Waals surface area contributed by atoms with Crippen LogP contribution in [0.25, 0.3) is 0 Å². The minimum atomic E-state index is -1.36. The maximum Gasteiger partial charge on any atom is 0.488 e. The van der Waals surface area contributed by atoms with Gasteiger partial charge in [0.1, 0.15) is 0 Å². The van der Waals surface area contributed by atoms with E-state index in [0.717, 1.165) is 11.3 Å². The fourth-order valence-electron chi connectivity index (χ4n) is 1.11. The second kappa shape index (κ2) is 5.44. The zero-order chi connectivity index (χ0) is 10.6. The summed E-state index contributed by atoms with van der Waals surface area (Å²) >= 11 is 1.84. The van der Waals surface area contributed by atoms with Crippen LogP contribution < -0.4 is 5.46 Å². The number of hydrogen-bond donors (Lipinski definition) is 2. The lowest BCUT2D eigenvalue weighted by Gasteiger charge is -2.06. The van der Waals surface area contributed by atoms with Gasteiger partial charge in [-0.25, -0.2) is 0 Å². The van der Waals surface area contributed by atoms with Crippen LogP contribution in [0.15, 0.2) is 24.3 Å². The average Bonchev–Trinajstić information content (AvgIpc) is 2.15. The van der Waals surface area contributed by atoms with Crippen molar-refractivity contribution < 1.29 is 10.0 Å². The number of benzene rings is 1. The third kappa shape index (κ3) is 3.74. The molecule has 76 valence electrons. The van der Waals surface area contributed by atoms with Crippen LogP contribution in [0.5, 0.6) is 0 Å². The first-order chi connectivity index (χ1) is 6.59. The minimum absolute atomic E-state index is 0.562. The molecule has 0 saturated carbocycles. The summed E-state index contributed by atoms with van der Waals surface area (Å²) in [7, 11) is -1.36. The van der Waals surface area contributed by atoms with Crippen molar-refractivity contribution in [1.29, 1.82) is 0 Å². The molecule has 0 aromatic heterocycles. The minimum Gasteiger partial charge on any atom is -0.423 e. The summed E-state index contributed by atoms with van der Waals surface area (Å²) in [6.07, 6.45) is 0. The highest BCUT2D eigenvalue weighted by atomic mass is 32.2. The average molecular weight is 210 g/mol. The molecule has 0 bridgehead atoms. The van der Waals surface area contributed by atoms with Gasteiger partial charge in [0.25, 0.3) is 0 Å². The number of hydrogen-bond acceptors (Lipinski definition) is 3. The van der Waals surface area contributed by atoms with Gasteiger partial charge in [-0.1, -0.05) is 38.1 Å². The van der Waals surface area contributed by atoms with Gasteiger partial charge in [0.2, 0.25) is 0 Å². The Hall–Kier alpha value is -0.445. The van der Waals surface area contributed by atoms with E-state index in [1.165, 1.54) is 0 Å². The van der Waals surface area contributed by atoms with Crippen molar-refractivity contribution in [2.24, 2.45) is 0 Å². The predicted molar refractivity (Wildman–Crippen MR) is 62.7 cm³/mol. The first kappa shape index (κ1) is 11.6. The van der Waals surface area contributed by atoms with E-state index in [4.69, 9.17) is 10.0 Å². The highest BCUT2D eigenvalue weighted by Crippen LogP contribution is 2.15. The lowest BCUT2D eigenvalue weighted by molar-refractivity contribution is 0.425. The highest BCUT2D eigenvalue weighted by molar-refractivity contribution is 7.99. The van der Waals surface area contributed by atoms with Crippen LogP contribution in [0.2, 0.25) is 0 Å². The molecule has 0 amide bonds. The van der Waals surface area contributed by atoms with E-state index in [0.29, 0.717) is 10.7 Å². The molecule has 0 saturated heterocycles. The van der Waals surface area contributed by atoms with E-state index in [9.17, 15) is 0 Å². The van der Waals surface area contributed by atoms with Gasteiger partial charge in [-0.2, -0.15) is 11.8 Å². The van der Waals surface area contributed by atoms with Crippen molar-refractivity contribution in [1.82, 2.24) is 0 Å². The van der Waals surface area contributed by atoms with Crippen molar-refractivity contribution >= 4 is 24.3 Å². The predicted octanol–water partition coefficient (Wildman–Crippen LogP) is 1.01. The summed E-state index contributed by atoms with van der Waals surface area (Å²) in [6, 6.07) is 7.40. The monoisotopic (exact) mass is 210 g/mol. The van der Waals surface area contributed by atoms with Crippen LogP contribution in [0.3, 0.4) is 0 Å². The van der Waals surface area contributed by atoms with Crippen molar-refractivity contribution in [3.8, 4) is 0 Å². The molecule has 1 aromatic carbocycles. The van der Waals surface area contributed by atoms with Gasteiger partial charge in [0.05, 0.1) is 0 Å². The SMILES string of the molecule is CC(C)SCc1cccc(B(O)O)c1. The second-order valence-electron chi connectivity index (χ2n) is 3.48. The molecule has 0 atom stereocenters. The molecule has 0 aliphatic rings. The molecule has 0 radical (unpaired) electrons. The maximum absolute atomic E-state index is 8.97. The maximum atomic E-state index is 8.97. The van der Waals surface area contributed by atoms with Crippen LogP contribution in [0, 0.1) is 0 Å². The van der Waals surface area contributed by atoms with Gasteiger partial charge in [0.15, 0.2) is 0 Å². The molecule has 0 spiro atoms. The highest BCUT2D eigenvalue weighted by Gasteiger charge is 2.10. The standard InChI is InChI=1S/C10H15BO2S/c1-8(2)14-7-9-4-3-5-10(6-9)11(12)13/h3-6,8,12-13H,7H2,1-2H3. The molecule has 14 heavy (non-hydrogen) atoms. The Morgan fingerprint density at radius 1 is 1.36 bits per heavy atom. The Balaban J connectivity index is 2.64. The topological polar surface area (TPSA) is 40.5 Å². The van der Waals surface area contributed by atoms with Crippen molar-refractivity contribution in [3.05, 3.63) is 29.8 Å². The third-order valence-corrected chi connectivity index (χ3v) is 3.00. The van der Waals surface area contributed by atoms with Crippen LogP contribution in [0.4, 0.5) is 0 Å². The van der Waals surface area contributed by atoms with Gasteiger partial charge >= 0.3 is 7.12 Å². The molecule has 0 fully saturated rings. The third-order valence-electron chi connectivity index (χ3n) is 1.83. The summed E-state index contributed by atoms with van der Waals surface area (Å²) < 4.78 is 0. The van der Waals surface area contributed by atoms with E-state index in [1.54, 1.807) is 6.07 Å². The summed E-state index contributed by atoms with van der Waals surface area (Å²) in [4.78, 5) is 0. The Kier molecular flexibility index (Phi) is 4.52. The van der Waals surface area contributed by atoms with Crippen LogP contribution in [-0.2, 0) is 5.75 Å². The van der Waals surface area contributed by atoms with E-state index in [1.807, 2.05) is 30.0 Å². The largest absolute Gasteiger partial charge is 0.488 e. The molecule has 1 rings (SSSR count). The lowest BCUT2D eigenvalue weighted by atomic mass is 9.80.